The lowest BCUT2D eigenvalue weighted by Gasteiger charge is -2.11. The molecule has 8 heteroatoms. The second kappa shape index (κ2) is 9.77. The van der Waals surface area contributed by atoms with E-state index in [-0.39, 0.29) is 23.4 Å². The smallest absolute Gasteiger partial charge is 0.319 e. The van der Waals surface area contributed by atoms with Crippen molar-refractivity contribution >= 4 is 35.1 Å². The molecule has 0 saturated carbocycles. The molecule has 0 saturated heterocycles. The van der Waals surface area contributed by atoms with Gasteiger partial charge in [0.05, 0.1) is 17.1 Å². The van der Waals surface area contributed by atoms with Crippen LogP contribution in [0.25, 0.3) is 0 Å². The van der Waals surface area contributed by atoms with Crippen molar-refractivity contribution in [3.8, 4) is 0 Å². The van der Waals surface area contributed by atoms with Crippen LogP contribution in [-0.2, 0) is 4.79 Å². The van der Waals surface area contributed by atoms with E-state index >= 15 is 0 Å². The Balaban J connectivity index is 2.59. The van der Waals surface area contributed by atoms with Crippen LogP contribution in [0.2, 0.25) is 5.02 Å². The fourth-order valence-electron chi connectivity index (χ4n) is 1.76. The summed E-state index contributed by atoms with van der Waals surface area (Å²) >= 11 is 6.10. The largest absolute Gasteiger partial charge is 0.355 e. The average Bonchev–Trinajstić information content (AvgIpc) is 2.51. The predicted molar refractivity (Wildman–Crippen MR) is 94.3 cm³/mol. The molecule has 0 unspecified atom stereocenters. The highest BCUT2D eigenvalue weighted by atomic mass is 35.5. The average molecular weight is 355 g/mol. The van der Waals surface area contributed by atoms with Crippen LogP contribution in [0.15, 0.2) is 18.2 Å². The maximum absolute atomic E-state index is 12.0. The molecule has 0 fully saturated rings. The number of halogens is 1. The van der Waals surface area contributed by atoms with Crippen molar-refractivity contribution in [2.45, 2.75) is 20.8 Å². The molecule has 1 rings (SSSR count). The van der Waals surface area contributed by atoms with Gasteiger partial charge in [0.1, 0.15) is 0 Å². The van der Waals surface area contributed by atoms with E-state index in [1.54, 1.807) is 13.0 Å². The number of benzene rings is 1. The van der Waals surface area contributed by atoms with Crippen LogP contribution >= 0.6 is 11.6 Å². The summed E-state index contributed by atoms with van der Waals surface area (Å²) in [5.41, 5.74) is 0.763. The molecule has 0 bridgehead atoms. The normalized spacial score (nSPS) is 10.2. The van der Waals surface area contributed by atoms with Gasteiger partial charge in [-0.15, -0.1) is 0 Å². The molecule has 132 valence electrons. The number of carbonyl (C=O) groups is 3. The molecule has 1 aromatic rings. The van der Waals surface area contributed by atoms with Gasteiger partial charge in [0.15, 0.2) is 0 Å². The van der Waals surface area contributed by atoms with Crippen LogP contribution in [-0.4, -0.2) is 37.5 Å². The summed E-state index contributed by atoms with van der Waals surface area (Å²) in [4.78, 5) is 35.0. The summed E-state index contributed by atoms with van der Waals surface area (Å²) < 4.78 is 0. The number of urea groups is 1. The number of carbonyl (C=O) groups excluding carboxylic acids is 3. The third-order valence-corrected chi connectivity index (χ3v) is 3.24. The van der Waals surface area contributed by atoms with Crippen molar-refractivity contribution in [3.63, 3.8) is 0 Å². The summed E-state index contributed by atoms with van der Waals surface area (Å²) in [5.74, 6) is -0.203. The van der Waals surface area contributed by atoms with Gasteiger partial charge in [-0.25, -0.2) is 4.79 Å². The summed E-state index contributed by atoms with van der Waals surface area (Å²) in [7, 11) is 0. The Morgan fingerprint density at radius 1 is 1.12 bits per heavy atom. The van der Waals surface area contributed by atoms with Crippen LogP contribution in [0, 0.1) is 5.92 Å². The van der Waals surface area contributed by atoms with Gasteiger partial charge in [0.2, 0.25) is 5.91 Å². The third kappa shape index (κ3) is 6.87. The molecule has 1 aromatic carbocycles. The highest BCUT2D eigenvalue weighted by molar-refractivity contribution is 6.34. The minimum absolute atomic E-state index is 0.122. The lowest BCUT2D eigenvalue weighted by atomic mass is 10.1. The van der Waals surface area contributed by atoms with Crippen LogP contribution in [0.4, 0.5) is 10.5 Å². The molecule has 0 aliphatic heterocycles. The lowest BCUT2D eigenvalue weighted by molar-refractivity contribution is -0.119. The third-order valence-electron chi connectivity index (χ3n) is 2.93. The van der Waals surface area contributed by atoms with Gasteiger partial charge >= 0.3 is 6.03 Å². The summed E-state index contributed by atoms with van der Waals surface area (Å²) in [6, 6.07) is 4.06. The predicted octanol–water partition coefficient (Wildman–Crippen LogP) is 1.98. The number of hydrogen-bond acceptors (Lipinski definition) is 3. The van der Waals surface area contributed by atoms with Crippen molar-refractivity contribution < 1.29 is 14.4 Å². The molecule has 0 aromatic heterocycles. The maximum atomic E-state index is 12.0. The second-order valence-corrected chi connectivity index (χ2v) is 5.97. The first-order chi connectivity index (χ1) is 11.3. The first kappa shape index (κ1) is 19.8. The zero-order chi connectivity index (χ0) is 18.1. The Labute approximate surface area is 146 Å². The number of anilines is 1. The van der Waals surface area contributed by atoms with Crippen molar-refractivity contribution in [2.24, 2.45) is 5.92 Å². The molecule has 7 nitrogen and oxygen atoms in total. The molecule has 0 aliphatic carbocycles. The van der Waals surface area contributed by atoms with Crippen molar-refractivity contribution in [1.82, 2.24) is 16.0 Å². The van der Waals surface area contributed by atoms with Crippen LogP contribution in [0.3, 0.4) is 0 Å². The Bertz CT molecular complexity index is 605. The standard InChI is InChI=1S/C16H23ClN4O3/c1-4-18-14(22)9-20-16(24)21-11-5-6-12(13(17)7-11)15(23)19-8-10(2)3/h5-7,10H,4,8-9H2,1-3H3,(H,18,22)(H,19,23)(H2,20,21,24). The van der Waals surface area contributed by atoms with E-state index in [0.29, 0.717) is 30.3 Å². The number of likely N-dealkylation sites (N-methyl/N-ethyl adjacent to an activating group) is 1. The maximum Gasteiger partial charge on any atom is 0.319 e. The van der Waals surface area contributed by atoms with Gasteiger partial charge < -0.3 is 21.3 Å². The van der Waals surface area contributed by atoms with Gasteiger partial charge in [0, 0.05) is 18.8 Å². The molecule has 0 spiro atoms. The molecular weight excluding hydrogens is 332 g/mol. The highest BCUT2D eigenvalue weighted by Gasteiger charge is 2.12. The van der Waals surface area contributed by atoms with E-state index in [0.717, 1.165) is 0 Å². The number of hydrogen-bond donors (Lipinski definition) is 4. The molecule has 4 N–H and O–H groups in total. The fourth-order valence-corrected chi connectivity index (χ4v) is 2.03. The number of rotatable bonds is 7. The van der Waals surface area contributed by atoms with E-state index in [1.807, 2.05) is 13.8 Å². The first-order valence-corrected chi connectivity index (χ1v) is 8.10. The van der Waals surface area contributed by atoms with E-state index < -0.39 is 6.03 Å². The molecule has 4 amide bonds. The monoisotopic (exact) mass is 354 g/mol. The summed E-state index contributed by atoms with van der Waals surface area (Å²) in [6.07, 6.45) is 0. The van der Waals surface area contributed by atoms with Gasteiger partial charge in [0.25, 0.3) is 5.91 Å². The second-order valence-electron chi connectivity index (χ2n) is 5.56. The highest BCUT2D eigenvalue weighted by Crippen LogP contribution is 2.21. The molecule has 24 heavy (non-hydrogen) atoms. The van der Waals surface area contributed by atoms with Crippen LogP contribution in [0.1, 0.15) is 31.1 Å². The Kier molecular flexibility index (Phi) is 8.05. The van der Waals surface area contributed by atoms with Gasteiger partial charge in [-0.1, -0.05) is 25.4 Å². The quantitative estimate of drug-likeness (QED) is 0.602. The SMILES string of the molecule is CCNC(=O)CNC(=O)Nc1ccc(C(=O)NCC(C)C)c(Cl)c1. The van der Waals surface area contributed by atoms with Gasteiger partial charge in [-0.3, -0.25) is 9.59 Å². The lowest BCUT2D eigenvalue weighted by Crippen LogP contribution is -2.38. The van der Waals surface area contributed by atoms with Crippen molar-refractivity contribution in [1.29, 1.82) is 0 Å². The Morgan fingerprint density at radius 3 is 2.42 bits per heavy atom. The van der Waals surface area contributed by atoms with E-state index in [1.165, 1.54) is 12.1 Å². The molecule has 0 atom stereocenters. The fraction of sp³-hybridized carbons (Fsp3) is 0.438. The van der Waals surface area contributed by atoms with Gasteiger partial charge in [-0.05, 0) is 31.0 Å². The summed E-state index contributed by atoms with van der Waals surface area (Å²) in [5, 5.41) is 10.5. The molecule has 0 radical (unpaired) electrons. The zero-order valence-corrected chi connectivity index (χ0v) is 14.8. The minimum Gasteiger partial charge on any atom is -0.355 e. The van der Waals surface area contributed by atoms with Crippen molar-refractivity contribution in [2.75, 3.05) is 25.0 Å². The Morgan fingerprint density at radius 2 is 1.83 bits per heavy atom. The molecule has 0 heterocycles. The zero-order valence-electron chi connectivity index (χ0n) is 14.0. The first-order valence-electron chi connectivity index (χ1n) is 7.72. The Hall–Kier alpha value is -2.28. The van der Waals surface area contributed by atoms with E-state index in [2.05, 4.69) is 21.3 Å². The van der Waals surface area contributed by atoms with Crippen molar-refractivity contribution in [3.05, 3.63) is 28.8 Å². The topological polar surface area (TPSA) is 99.3 Å². The summed E-state index contributed by atoms with van der Waals surface area (Å²) in [6.45, 7) is 6.71. The van der Waals surface area contributed by atoms with Gasteiger partial charge in [-0.2, -0.15) is 0 Å². The van der Waals surface area contributed by atoms with Crippen LogP contribution < -0.4 is 21.3 Å². The number of nitrogens with one attached hydrogen (secondary N) is 4. The van der Waals surface area contributed by atoms with E-state index in [4.69, 9.17) is 11.6 Å². The molecular formula is C16H23ClN4O3. The van der Waals surface area contributed by atoms with Crippen LogP contribution in [0.5, 0.6) is 0 Å². The number of amides is 4. The molecule has 0 aliphatic rings. The minimum atomic E-state index is -0.533. The van der Waals surface area contributed by atoms with E-state index in [9.17, 15) is 14.4 Å².